The lowest BCUT2D eigenvalue weighted by atomic mass is 10.0. The second kappa shape index (κ2) is 5.53. The minimum absolute atomic E-state index is 0.219. The molecule has 20 heavy (non-hydrogen) atoms. The summed E-state index contributed by atoms with van der Waals surface area (Å²) in [5, 5.41) is 9.16. The van der Waals surface area contributed by atoms with E-state index in [-0.39, 0.29) is 5.91 Å². The van der Waals surface area contributed by atoms with Gasteiger partial charge in [-0.1, -0.05) is 0 Å². The molecule has 5 nitrogen and oxygen atoms in total. The summed E-state index contributed by atoms with van der Waals surface area (Å²) in [7, 11) is 1.59. The van der Waals surface area contributed by atoms with Crippen molar-refractivity contribution in [3.05, 3.63) is 28.8 Å². The van der Waals surface area contributed by atoms with Crippen LogP contribution in [0.3, 0.4) is 0 Å². The van der Waals surface area contributed by atoms with E-state index >= 15 is 0 Å². The molecule has 5 heteroatoms. The number of methoxy groups -OCH3 is 1. The Labute approximate surface area is 118 Å². The molecule has 0 aromatic heterocycles. The molecule has 0 spiro atoms. The normalized spacial score (nSPS) is 18.1. The minimum atomic E-state index is -0.933. The lowest BCUT2D eigenvalue weighted by Crippen LogP contribution is -2.40. The highest BCUT2D eigenvalue weighted by molar-refractivity contribution is 5.97. The SMILES string of the molecule is COc1c(C)cc(C(=O)N2CCC[C@H]2C(=O)O)cc1C. The van der Waals surface area contributed by atoms with Crippen LogP contribution in [0.2, 0.25) is 0 Å². The number of aryl methyl sites for hydroxylation is 2. The number of carboxylic acid groups (broad SMARTS) is 1. The Morgan fingerprint density at radius 1 is 1.30 bits per heavy atom. The molecule has 1 fully saturated rings. The third-order valence-corrected chi connectivity index (χ3v) is 3.71. The van der Waals surface area contributed by atoms with Crippen LogP contribution in [0.4, 0.5) is 0 Å². The number of aliphatic carboxylic acids is 1. The quantitative estimate of drug-likeness (QED) is 0.917. The Morgan fingerprint density at radius 2 is 1.90 bits per heavy atom. The van der Waals surface area contributed by atoms with E-state index in [0.29, 0.717) is 18.5 Å². The minimum Gasteiger partial charge on any atom is -0.496 e. The van der Waals surface area contributed by atoms with Crippen molar-refractivity contribution in [1.82, 2.24) is 4.90 Å². The zero-order chi connectivity index (χ0) is 14.9. The third kappa shape index (κ3) is 2.48. The van der Waals surface area contributed by atoms with E-state index in [1.807, 2.05) is 13.8 Å². The van der Waals surface area contributed by atoms with E-state index < -0.39 is 12.0 Å². The van der Waals surface area contributed by atoms with Crippen LogP contribution in [0.5, 0.6) is 5.75 Å². The van der Waals surface area contributed by atoms with Crippen molar-refractivity contribution < 1.29 is 19.4 Å². The molecule has 1 aliphatic heterocycles. The van der Waals surface area contributed by atoms with Gasteiger partial charge in [0.2, 0.25) is 0 Å². The molecule has 1 atom stereocenters. The number of likely N-dealkylation sites (tertiary alicyclic amines) is 1. The number of carboxylic acids is 1. The van der Waals surface area contributed by atoms with E-state index in [2.05, 4.69) is 0 Å². The van der Waals surface area contributed by atoms with Crippen LogP contribution >= 0.6 is 0 Å². The van der Waals surface area contributed by atoms with Crippen LogP contribution in [-0.2, 0) is 4.79 Å². The Balaban J connectivity index is 2.32. The molecule has 1 N–H and O–H groups in total. The van der Waals surface area contributed by atoms with Gasteiger partial charge in [-0.3, -0.25) is 4.79 Å². The molecule has 1 aromatic rings. The highest BCUT2D eigenvalue weighted by Crippen LogP contribution is 2.27. The molecular formula is C15H19NO4. The van der Waals surface area contributed by atoms with Crippen LogP contribution in [-0.4, -0.2) is 41.6 Å². The van der Waals surface area contributed by atoms with E-state index in [4.69, 9.17) is 9.84 Å². The zero-order valence-corrected chi connectivity index (χ0v) is 12.0. The number of rotatable bonds is 3. The van der Waals surface area contributed by atoms with Crippen LogP contribution in [0.15, 0.2) is 12.1 Å². The van der Waals surface area contributed by atoms with Gasteiger partial charge in [0.25, 0.3) is 5.91 Å². The van der Waals surface area contributed by atoms with Gasteiger partial charge < -0.3 is 14.7 Å². The molecule has 1 aliphatic rings. The van der Waals surface area contributed by atoms with E-state index in [1.165, 1.54) is 4.90 Å². The first-order valence-electron chi connectivity index (χ1n) is 6.64. The molecule has 0 bridgehead atoms. The molecular weight excluding hydrogens is 258 g/mol. The van der Waals surface area contributed by atoms with E-state index in [9.17, 15) is 9.59 Å². The first-order chi connectivity index (χ1) is 9.45. The van der Waals surface area contributed by atoms with Gasteiger partial charge in [-0.25, -0.2) is 4.79 Å². The van der Waals surface area contributed by atoms with Crippen LogP contribution in [0.1, 0.15) is 34.3 Å². The summed E-state index contributed by atoms with van der Waals surface area (Å²) < 4.78 is 5.28. The summed E-state index contributed by atoms with van der Waals surface area (Å²) >= 11 is 0. The van der Waals surface area contributed by atoms with Gasteiger partial charge in [0.05, 0.1) is 7.11 Å². The summed E-state index contributed by atoms with van der Waals surface area (Å²) in [5.74, 6) is -0.390. The fourth-order valence-corrected chi connectivity index (χ4v) is 2.83. The van der Waals surface area contributed by atoms with Crippen LogP contribution in [0, 0.1) is 13.8 Å². The van der Waals surface area contributed by atoms with Crippen molar-refractivity contribution in [1.29, 1.82) is 0 Å². The van der Waals surface area contributed by atoms with Crippen LogP contribution in [0.25, 0.3) is 0 Å². The Kier molecular flexibility index (Phi) is 3.97. The molecule has 0 saturated carbocycles. The first kappa shape index (κ1) is 14.4. The number of carbonyl (C=O) groups excluding carboxylic acids is 1. The Hall–Kier alpha value is -2.04. The van der Waals surface area contributed by atoms with Crippen molar-refractivity contribution in [2.24, 2.45) is 0 Å². The monoisotopic (exact) mass is 277 g/mol. The van der Waals surface area contributed by atoms with E-state index in [1.54, 1.807) is 19.2 Å². The molecule has 2 rings (SSSR count). The van der Waals surface area contributed by atoms with Crippen molar-refractivity contribution >= 4 is 11.9 Å². The summed E-state index contributed by atoms with van der Waals surface area (Å²) in [4.78, 5) is 25.1. The summed E-state index contributed by atoms with van der Waals surface area (Å²) in [5.41, 5.74) is 2.28. The van der Waals surface area contributed by atoms with Crippen LogP contribution < -0.4 is 4.74 Å². The predicted octanol–water partition coefficient (Wildman–Crippen LogP) is 2.00. The number of hydrogen-bond acceptors (Lipinski definition) is 3. The molecule has 0 aliphatic carbocycles. The van der Waals surface area contributed by atoms with Crippen molar-refractivity contribution in [3.8, 4) is 5.75 Å². The summed E-state index contributed by atoms with van der Waals surface area (Å²) in [6.07, 6.45) is 1.26. The maximum atomic E-state index is 12.5. The average molecular weight is 277 g/mol. The summed E-state index contributed by atoms with van der Waals surface area (Å²) in [6.45, 7) is 4.25. The lowest BCUT2D eigenvalue weighted by molar-refractivity contribution is -0.141. The highest BCUT2D eigenvalue weighted by atomic mass is 16.5. The van der Waals surface area contributed by atoms with Crippen molar-refractivity contribution in [3.63, 3.8) is 0 Å². The topological polar surface area (TPSA) is 66.8 Å². The maximum absolute atomic E-state index is 12.5. The van der Waals surface area contributed by atoms with E-state index in [0.717, 1.165) is 23.3 Å². The van der Waals surface area contributed by atoms with Gasteiger partial charge in [-0.15, -0.1) is 0 Å². The fraction of sp³-hybridized carbons (Fsp3) is 0.467. The lowest BCUT2D eigenvalue weighted by Gasteiger charge is -2.22. The van der Waals surface area contributed by atoms with Gasteiger partial charge in [0.15, 0.2) is 0 Å². The third-order valence-electron chi connectivity index (χ3n) is 3.71. The summed E-state index contributed by atoms with van der Waals surface area (Å²) in [6, 6.07) is 2.81. The predicted molar refractivity (Wildman–Crippen MR) is 74.2 cm³/mol. The largest absolute Gasteiger partial charge is 0.496 e. The maximum Gasteiger partial charge on any atom is 0.326 e. The molecule has 108 valence electrons. The Bertz CT molecular complexity index is 530. The highest BCUT2D eigenvalue weighted by Gasteiger charge is 2.34. The smallest absolute Gasteiger partial charge is 0.326 e. The molecule has 1 aromatic carbocycles. The second-order valence-electron chi connectivity index (χ2n) is 5.14. The molecule has 0 radical (unpaired) electrons. The number of nitrogens with zero attached hydrogens (tertiary/aromatic N) is 1. The first-order valence-corrected chi connectivity index (χ1v) is 6.64. The number of carbonyl (C=O) groups is 2. The van der Waals surface area contributed by atoms with Gasteiger partial charge in [0, 0.05) is 12.1 Å². The number of ether oxygens (including phenoxy) is 1. The van der Waals surface area contributed by atoms with Gasteiger partial charge in [-0.2, -0.15) is 0 Å². The molecule has 1 amide bonds. The number of amides is 1. The number of hydrogen-bond donors (Lipinski definition) is 1. The zero-order valence-electron chi connectivity index (χ0n) is 12.0. The fourth-order valence-electron chi connectivity index (χ4n) is 2.83. The second-order valence-corrected chi connectivity index (χ2v) is 5.14. The van der Waals surface area contributed by atoms with Gasteiger partial charge in [0.1, 0.15) is 11.8 Å². The molecule has 1 saturated heterocycles. The van der Waals surface area contributed by atoms with Crippen molar-refractivity contribution in [2.45, 2.75) is 32.7 Å². The van der Waals surface area contributed by atoms with Gasteiger partial charge >= 0.3 is 5.97 Å². The molecule has 1 heterocycles. The van der Waals surface area contributed by atoms with Gasteiger partial charge in [-0.05, 0) is 49.9 Å². The van der Waals surface area contributed by atoms with Crippen molar-refractivity contribution in [2.75, 3.05) is 13.7 Å². The molecule has 0 unspecified atom stereocenters. The number of benzene rings is 1. The average Bonchev–Trinajstić information content (AvgIpc) is 2.86. The Morgan fingerprint density at radius 3 is 2.40 bits per heavy atom. The standard InChI is InChI=1S/C15H19NO4/c1-9-7-11(8-10(2)13(9)20-3)14(17)16-6-4-5-12(16)15(18)19/h7-8,12H,4-6H2,1-3H3,(H,18,19)/t12-/m0/s1.